The standard InChI is InChI=1S/C24H30N4O3/c1-3-31-24(30)25-20-11-10-19-9-8-18-6-4-5-7-21(18)28(22(19)16-20)23(29)17-27-14-12-26(2)13-15-27/h4-7,10-11,16H,3,8-9,12-15,17H2,1-2H3,(H,25,30)/p+2. The van der Waals surface area contributed by atoms with Crippen molar-refractivity contribution in [3.8, 4) is 0 Å². The lowest BCUT2D eigenvalue weighted by molar-refractivity contribution is -1.000. The first kappa shape index (κ1) is 21.3. The van der Waals surface area contributed by atoms with Gasteiger partial charge in [-0.1, -0.05) is 24.3 Å². The number of likely N-dealkylation sites (N-methyl/N-ethyl adjacent to an activating group) is 1. The molecule has 2 aliphatic rings. The molecule has 1 saturated heterocycles. The molecule has 7 heteroatoms. The van der Waals surface area contributed by atoms with Crippen molar-refractivity contribution < 1.29 is 24.1 Å². The molecule has 0 radical (unpaired) electrons. The topological polar surface area (TPSA) is 67.5 Å². The van der Waals surface area contributed by atoms with E-state index >= 15 is 0 Å². The Morgan fingerprint density at radius 2 is 1.71 bits per heavy atom. The first-order valence-corrected chi connectivity index (χ1v) is 11.2. The van der Waals surface area contributed by atoms with Crippen LogP contribution in [-0.4, -0.2) is 58.4 Å². The molecule has 0 unspecified atom stereocenters. The maximum atomic E-state index is 13.6. The van der Waals surface area contributed by atoms with Gasteiger partial charge in [0.2, 0.25) is 0 Å². The van der Waals surface area contributed by atoms with Gasteiger partial charge in [-0.15, -0.1) is 0 Å². The van der Waals surface area contributed by atoms with Crippen LogP contribution in [0.1, 0.15) is 18.1 Å². The normalized spacial score (nSPS) is 20.3. The third-order valence-electron chi connectivity index (χ3n) is 6.21. The number of hydrogen-bond acceptors (Lipinski definition) is 3. The van der Waals surface area contributed by atoms with Crippen LogP contribution in [0.25, 0.3) is 0 Å². The fourth-order valence-corrected chi connectivity index (χ4v) is 4.45. The number of carbonyl (C=O) groups excluding carboxylic acids is 2. The maximum Gasteiger partial charge on any atom is 0.411 e. The second-order valence-corrected chi connectivity index (χ2v) is 8.43. The SMILES string of the molecule is CCOC(=O)Nc1ccc2c(c1)N(C(=O)C[NH+]1CC[NH+](C)CC1)c1ccccc1CC2. The summed E-state index contributed by atoms with van der Waals surface area (Å²) >= 11 is 0. The van der Waals surface area contributed by atoms with Gasteiger partial charge >= 0.3 is 6.09 Å². The van der Waals surface area contributed by atoms with Gasteiger partial charge in [0.05, 0.1) is 25.0 Å². The molecule has 31 heavy (non-hydrogen) atoms. The number of nitrogens with one attached hydrogen (secondary N) is 3. The quantitative estimate of drug-likeness (QED) is 0.667. The molecule has 3 N–H and O–H groups in total. The highest BCUT2D eigenvalue weighted by Gasteiger charge is 2.30. The predicted molar refractivity (Wildman–Crippen MR) is 120 cm³/mol. The summed E-state index contributed by atoms with van der Waals surface area (Å²) in [4.78, 5) is 30.3. The van der Waals surface area contributed by atoms with Crippen molar-refractivity contribution in [2.45, 2.75) is 19.8 Å². The number of hydrogen-bond donors (Lipinski definition) is 3. The molecule has 0 saturated carbocycles. The molecule has 2 aliphatic heterocycles. The number of benzene rings is 2. The Bertz CT molecular complexity index is 954. The molecule has 4 rings (SSSR count). The number of amides is 2. The van der Waals surface area contributed by atoms with Crippen LogP contribution < -0.4 is 20.0 Å². The molecule has 0 bridgehead atoms. The van der Waals surface area contributed by atoms with Crippen LogP contribution in [0.15, 0.2) is 42.5 Å². The molecule has 1 fully saturated rings. The summed E-state index contributed by atoms with van der Waals surface area (Å²) in [5, 5.41) is 2.78. The number of fused-ring (bicyclic) bond motifs is 2. The van der Waals surface area contributed by atoms with Gasteiger partial charge in [-0.25, -0.2) is 4.79 Å². The first-order chi connectivity index (χ1) is 15.0. The molecule has 2 amide bonds. The van der Waals surface area contributed by atoms with E-state index in [1.54, 1.807) is 6.92 Å². The molecule has 0 atom stereocenters. The number of anilines is 3. The molecule has 0 aromatic heterocycles. The van der Waals surface area contributed by atoms with E-state index in [0.29, 0.717) is 18.8 Å². The van der Waals surface area contributed by atoms with Gasteiger partial charge < -0.3 is 14.5 Å². The van der Waals surface area contributed by atoms with Gasteiger partial charge in [-0.2, -0.15) is 0 Å². The van der Waals surface area contributed by atoms with Crippen molar-refractivity contribution in [2.24, 2.45) is 0 Å². The van der Waals surface area contributed by atoms with E-state index < -0.39 is 6.09 Å². The number of ether oxygens (including phenoxy) is 1. The van der Waals surface area contributed by atoms with Crippen LogP contribution in [0.3, 0.4) is 0 Å². The molecule has 0 aliphatic carbocycles. The Morgan fingerprint density at radius 1 is 1.00 bits per heavy atom. The van der Waals surface area contributed by atoms with Crippen molar-refractivity contribution in [1.29, 1.82) is 0 Å². The predicted octanol–water partition coefficient (Wildman–Crippen LogP) is 0.432. The molecule has 2 aromatic rings. The van der Waals surface area contributed by atoms with Crippen molar-refractivity contribution in [3.05, 3.63) is 53.6 Å². The Labute approximate surface area is 183 Å². The van der Waals surface area contributed by atoms with E-state index in [1.165, 1.54) is 15.4 Å². The summed E-state index contributed by atoms with van der Waals surface area (Å²) in [6.45, 7) is 6.73. The van der Waals surface area contributed by atoms with Crippen molar-refractivity contribution in [2.75, 3.05) is 56.6 Å². The lowest BCUT2D eigenvalue weighted by atomic mass is 10.0. The summed E-state index contributed by atoms with van der Waals surface area (Å²) in [6.07, 6.45) is 1.24. The monoisotopic (exact) mass is 424 g/mol. The van der Waals surface area contributed by atoms with Crippen molar-refractivity contribution >= 4 is 29.1 Å². The Kier molecular flexibility index (Phi) is 6.53. The fourth-order valence-electron chi connectivity index (χ4n) is 4.45. The number of nitrogens with zero attached hydrogens (tertiary/aromatic N) is 1. The molecular weight excluding hydrogens is 392 g/mol. The molecule has 2 aromatic carbocycles. The summed E-state index contributed by atoms with van der Waals surface area (Å²) in [7, 11) is 2.21. The number of quaternary nitrogens is 2. The van der Waals surface area contributed by atoms with Crippen LogP contribution in [0.4, 0.5) is 21.9 Å². The minimum absolute atomic E-state index is 0.0958. The molecule has 0 spiro atoms. The minimum Gasteiger partial charge on any atom is -0.450 e. The zero-order valence-electron chi connectivity index (χ0n) is 18.4. The van der Waals surface area contributed by atoms with E-state index in [9.17, 15) is 9.59 Å². The highest BCUT2D eigenvalue weighted by molar-refractivity contribution is 6.03. The Hall–Kier alpha value is -2.90. The molecule has 164 valence electrons. The third kappa shape index (κ3) is 4.89. The Morgan fingerprint density at radius 3 is 2.45 bits per heavy atom. The van der Waals surface area contributed by atoms with E-state index in [4.69, 9.17) is 4.74 Å². The van der Waals surface area contributed by atoms with Gasteiger partial charge in [0.1, 0.15) is 26.2 Å². The highest BCUT2D eigenvalue weighted by atomic mass is 16.5. The summed E-state index contributed by atoms with van der Waals surface area (Å²) < 4.78 is 5.02. The van der Waals surface area contributed by atoms with Crippen LogP contribution >= 0.6 is 0 Å². The summed E-state index contributed by atoms with van der Waals surface area (Å²) in [5.41, 5.74) is 4.70. The van der Waals surface area contributed by atoms with E-state index in [-0.39, 0.29) is 5.91 Å². The zero-order chi connectivity index (χ0) is 21.8. The van der Waals surface area contributed by atoms with Gasteiger partial charge in [0, 0.05) is 5.69 Å². The van der Waals surface area contributed by atoms with Crippen LogP contribution in [0.5, 0.6) is 0 Å². The fraction of sp³-hybridized carbons (Fsp3) is 0.417. The van der Waals surface area contributed by atoms with E-state index in [2.05, 4.69) is 18.4 Å². The highest BCUT2D eigenvalue weighted by Crippen LogP contribution is 2.37. The largest absolute Gasteiger partial charge is 0.450 e. The zero-order valence-corrected chi connectivity index (χ0v) is 18.4. The molecular formula is C24H32N4O3+2. The average molecular weight is 425 g/mol. The number of para-hydroxylation sites is 1. The number of aryl methyl sites for hydroxylation is 2. The number of rotatable bonds is 4. The second-order valence-electron chi connectivity index (χ2n) is 8.43. The van der Waals surface area contributed by atoms with Crippen LogP contribution in [0, 0.1) is 0 Å². The van der Waals surface area contributed by atoms with E-state index in [0.717, 1.165) is 56.0 Å². The van der Waals surface area contributed by atoms with Crippen molar-refractivity contribution in [1.82, 2.24) is 0 Å². The van der Waals surface area contributed by atoms with Gasteiger partial charge in [-0.05, 0) is 49.1 Å². The average Bonchev–Trinajstić information content (AvgIpc) is 2.92. The lowest BCUT2D eigenvalue weighted by Crippen LogP contribution is -3.27. The smallest absolute Gasteiger partial charge is 0.411 e. The molecule has 7 nitrogen and oxygen atoms in total. The molecule has 2 heterocycles. The summed E-state index contributed by atoms with van der Waals surface area (Å²) in [5.74, 6) is 0.0958. The first-order valence-electron chi connectivity index (χ1n) is 11.2. The van der Waals surface area contributed by atoms with Gasteiger partial charge in [0.15, 0.2) is 6.54 Å². The van der Waals surface area contributed by atoms with Gasteiger partial charge in [-0.3, -0.25) is 15.0 Å². The minimum atomic E-state index is -0.487. The summed E-state index contributed by atoms with van der Waals surface area (Å²) in [6, 6.07) is 13.9. The van der Waals surface area contributed by atoms with Gasteiger partial charge in [0.25, 0.3) is 5.91 Å². The van der Waals surface area contributed by atoms with Crippen molar-refractivity contribution in [3.63, 3.8) is 0 Å². The number of piperazine rings is 1. The van der Waals surface area contributed by atoms with E-state index in [1.807, 2.05) is 41.3 Å². The maximum absolute atomic E-state index is 13.6. The Balaban J connectivity index is 1.67. The van der Waals surface area contributed by atoms with Crippen LogP contribution in [-0.2, 0) is 22.4 Å². The second kappa shape index (κ2) is 9.49. The lowest BCUT2D eigenvalue weighted by Gasteiger charge is -2.30. The van der Waals surface area contributed by atoms with Crippen LogP contribution in [0.2, 0.25) is 0 Å². The number of carbonyl (C=O) groups is 2. The third-order valence-corrected chi connectivity index (χ3v) is 6.21.